The molecule has 1 aromatic carbocycles. The molecule has 1 heterocycles. The Hall–Kier alpha value is -0.550. The van der Waals surface area contributed by atoms with Gasteiger partial charge in [-0.2, -0.15) is 0 Å². The van der Waals surface area contributed by atoms with Crippen molar-refractivity contribution < 1.29 is 0 Å². The normalized spacial score (nSPS) is 22.2. The van der Waals surface area contributed by atoms with Gasteiger partial charge in [0.2, 0.25) is 0 Å². The second kappa shape index (κ2) is 7.14. The van der Waals surface area contributed by atoms with E-state index < -0.39 is 0 Å². The monoisotopic (exact) mass is 265 g/mol. The summed E-state index contributed by atoms with van der Waals surface area (Å²) in [5.41, 5.74) is 5.86. The molecule has 1 aromatic rings. The average Bonchev–Trinajstić information content (AvgIpc) is 2.41. The van der Waals surface area contributed by atoms with E-state index in [1.807, 2.05) is 11.8 Å². The highest BCUT2D eigenvalue weighted by Crippen LogP contribution is 2.18. The van der Waals surface area contributed by atoms with Crippen LogP contribution >= 0.6 is 11.8 Å². The fourth-order valence-corrected chi connectivity index (χ4v) is 3.27. The van der Waals surface area contributed by atoms with Gasteiger partial charge in [-0.3, -0.25) is 4.90 Å². The maximum Gasteiger partial charge on any atom is 0.0346 e. The molecule has 0 radical (unpaired) electrons. The fraction of sp³-hybridized carbons (Fsp3) is 0.571. The molecule has 1 saturated heterocycles. The molecule has 2 rings (SSSR count). The maximum absolute atomic E-state index is 5.86. The predicted molar refractivity (Wildman–Crippen MR) is 79.1 cm³/mol. The van der Waals surface area contributed by atoms with Gasteiger partial charge in [0.05, 0.1) is 0 Å². The summed E-state index contributed by atoms with van der Waals surface area (Å²) in [4.78, 5) is 6.27. The van der Waals surface area contributed by atoms with Gasteiger partial charge in [0.1, 0.15) is 0 Å². The molecule has 18 heavy (non-hydrogen) atoms. The Labute approximate surface area is 114 Å². The van der Waals surface area contributed by atoms with Crippen LogP contribution < -0.4 is 5.73 Å². The Balaban J connectivity index is 1.75. The van der Waals surface area contributed by atoms with Crippen molar-refractivity contribution in [2.75, 3.05) is 45.5 Å². The molecule has 1 fully saturated rings. The lowest BCUT2D eigenvalue weighted by Crippen LogP contribution is -2.55. The molecule has 1 unspecified atom stereocenters. The van der Waals surface area contributed by atoms with E-state index in [1.165, 1.54) is 4.90 Å². The summed E-state index contributed by atoms with van der Waals surface area (Å²) in [6.07, 6.45) is 0. The van der Waals surface area contributed by atoms with Crippen molar-refractivity contribution in [3.05, 3.63) is 30.3 Å². The Morgan fingerprint density at radius 3 is 2.78 bits per heavy atom. The number of thioether (sulfide) groups is 1. The molecule has 0 aliphatic carbocycles. The first-order chi connectivity index (χ1) is 8.79. The van der Waals surface area contributed by atoms with E-state index in [2.05, 4.69) is 47.2 Å². The van der Waals surface area contributed by atoms with E-state index in [4.69, 9.17) is 5.73 Å². The zero-order chi connectivity index (χ0) is 12.8. The topological polar surface area (TPSA) is 32.5 Å². The first-order valence-corrected chi connectivity index (χ1v) is 7.58. The summed E-state index contributed by atoms with van der Waals surface area (Å²) in [6.45, 7) is 5.31. The molecule has 1 atom stereocenters. The van der Waals surface area contributed by atoms with E-state index >= 15 is 0 Å². The molecule has 2 N–H and O–H groups in total. The van der Waals surface area contributed by atoms with E-state index in [9.17, 15) is 0 Å². The maximum atomic E-state index is 5.86. The summed E-state index contributed by atoms with van der Waals surface area (Å²) in [6, 6.07) is 11.1. The highest BCUT2D eigenvalue weighted by atomic mass is 32.2. The summed E-state index contributed by atoms with van der Waals surface area (Å²) >= 11 is 1.93. The number of piperazine rings is 1. The summed E-state index contributed by atoms with van der Waals surface area (Å²) in [7, 11) is 2.18. The van der Waals surface area contributed by atoms with Gasteiger partial charge >= 0.3 is 0 Å². The van der Waals surface area contributed by atoms with Crippen LogP contribution in [0.3, 0.4) is 0 Å². The molecule has 0 spiro atoms. The molecular formula is C14H23N3S. The van der Waals surface area contributed by atoms with Crippen LogP contribution in [-0.4, -0.2) is 61.4 Å². The van der Waals surface area contributed by atoms with Crippen LogP contribution in [0.15, 0.2) is 35.2 Å². The molecule has 0 saturated carbocycles. The van der Waals surface area contributed by atoms with Gasteiger partial charge in [0, 0.05) is 49.4 Å². The second-order valence-electron chi connectivity index (χ2n) is 4.85. The van der Waals surface area contributed by atoms with Crippen molar-refractivity contribution in [3.8, 4) is 0 Å². The Morgan fingerprint density at radius 2 is 2.06 bits per heavy atom. The predicted octanol–water partition coefficient (Wildman–Crippen LogP) is 1.35. The van der Waals surface area contributed by atoms with Gasteiger partial charge in [-0.25, -0.2) is 0 Å². The SMILES string of the molecule is CN1CCN(CCSc2ccccc2)C(CN)C1. The van der Waals surface area contributed by atoms with Crippen molar-refractivity contribution in [1.82, 2.24) is 9.80 Å². The van der Waals surface area contributed by atoms with E-state index in [0.29, 0.717) is 6.04 Å². The lowest BCUT2D eigenvalue weighted by atomic mass is 10.2. The number of hydrogen-bond donors (Lipinski definition) is 1. The molecular weight excluding hydrogens is 242 g/mol. The van der Waals surface area contributed by atoms with Gasteiger partial charge < -0.3 is 10.6 Å². The van der Waals surface area contributed by atoms with Gasteiger partial charge in [-0.15, -0.1) is 11.8 Å². The number of nitrogens with two attached hydrogens (primary N) is 1. The van der Waals surface area contributed by atoms with Gasteiger partial charge in [0.15, 0.2) is 0 Å². The van der Waals surface area contributed by atoms with Crippen LogP contribution in [0.25, 0.3) is 0 Å². The van der Waals surface area contributed by atoms with Crippen LogP contribution in [0.1, 0.15) is 0 Å². The molecule has 1 aliphatic heterocycles. The highest BCUT2D eigenvalue weighted by Gasteiger charge is 2.23. The van der Waals surface area contributed by atoms with Crippen molar-refractivity contribution in [2.45, 2.75) is 10.9 Å². The van der Waals surface area contributed by atoms with Crippen LogP contribution in [0.5, 0.6) is 0 Å². The average molecular weight is 265 g/mol. The molecule has 100 valence electrons. The van der Waals surface area contributed by atoms with Crippen LogP contribution in [0.2, 0.25) is 0 Å². The quantitative estimate of drug-likeness (QED) is 0.815. The number of benzene rings is 1. The Kier molecular flexibility index (Phi) is 5.50. The third-order valence-corrected chi connectivity index (χ3v) is 4.46. The minimum Gasteiger partial charge on any atom is -0.329 e. The summed E-state index contributed by atoms with van der Waals surface area (Å²) in [5, 5.41) is 0. The van der Waals surface area contributed by atoms with Gasteiger partial charge in [0.25, 0.3) is 0 Å². The number of rotatable bonds is 5. The van der Waals surface area contributed by atoms with Crippen molar-refractivity contribution in [3.63, 3.8) is 0 Å². The molecule has 3 nitrogen and oxygen atoms in total. The molecule has 0 aromatic heterocycles. The third-order valence-electron chi connectivity index (χ3n) is 3.47. The Bertz CT molecular complexity index is 344. The van der Waals surface area contributed by atoms with Crippen LogP contribution in [0, 0.1) is 0 Å². The van der Waals surface area contributed by atoms with Crippen LogP contribution in [-0.2, 0) is 0 Å². The minimum absolute atomic E-state index is 0.528. The minimum atomic E-state index is 0.528. The smallest absolute Gasteiger partial charge is 0.0346 e. The van der Waals surface area contributed by atoms with Gasteiger partial charge in [-0.1, -0.05) is 18.2 Å². The second-order valence-corrected chi connectivity index (χ2v) is 6.02. The zero-order valence-electron chi connectivity index (χ0n) is 11.1. The number of hydrogen-bond acceptors (Lipinski definition) is 4. The number of likely N-dealkylation sites (N-methyl/N-ethyl adjacent to an activating group) is 1. The summed E-state index contributed by atoms with van der Waals surface area (Å²) < 4.78 is 0. The standard InChI is InChI=1S/C14H23N3S/c1-16-7-8-17(13(11-15)12-16)9-10-18-14-5-3-2-4-6-14/h2-6,13H,7-12,15H2,1H3. The molecule has 0 bridgehead atoms. The lowest BCUT2D eigenvalue weighted by molar-refractivity contribution is 0.101. The van der Waals surface area contributed by atoms with Crippen molar-refractivity contribution >= 4 is 11.8 Å². The third kappa shape index (κ3) is 3.99. The van der Waals surface area contributed by atoms with E-state index in [0.717, 1.165) is 38.5 Å². The zero-order valence-corrected chi connectivity index (χ0v) is 11.9. The van der Waals surface area contributed by atoms with E-state index in [1.54, 1.807) is 0 Å². The molecule has 0 amide bonds. The van der Waals surface area contributed by atoms with E-state index in [-0.39, 0.29) is 0 Å². The van der Waals surface area contributed by atoms with Gasteiger partial charge in [-0.05, 0) is 19.2 Å². The summed E-state index contributed by atoms with van der Waals surface area (Å²) in [5.74, 6) is 1.14. The largest absolute Gasteiger partial charge is 0.329 e. The first kappa shape index (κ1) is 13.9. The lowest BCUT2D eigenvalue weighted by Gasteiger charge is -2.39. The Morgan fingerprint density at radius 1 is 1.28 bits per heavy atom. The van der Waals surface area contributed by atoms with Crippen molar-refractivity contribution in [2.24, 2.45) is 5.73 Å². The fourth-order valence-electron chi connectivity index (χ4n) is 2.36. The first-order valence-electron chi connectivity index (χ1n) is 6.60. The van der Waals surface area contributed by atoms with Crippen LogP contribution in [0.4, 0.5) is 0 Å². The van der Waals surface area contributed by atoms with Crippen molar-refractivity contribution in [1.29, 1.82) is 0 Å². The highest BCUT2D eigenvalue weighted by molar-refractivity contribution is 7.99. The molecule has 4 heteroatoms. The molecule has 1 aliphatic rings. The number of nitrogens with zero attached hydrogens (tertiary/aromatic N) is 2.